The van der Waals surface area contributed by atoms with Crippen molar-refractivity contribution in [2.45, 2.75) is 46.0 Å². The third-order valence-corrected chi connectivity index (χ3v) is 5.44. The van der Waals surface area contributed by atoms with E-state index in [1.54, 1.807) is 12.1 Å². The molecule has 0 aliphatic carbocycles. The van der Waals surface area contributed by atoms with Gasteiger partial charge in [-0.05, 0) is 56.4 Å². The molecule has 1 aliphatic rings. The molecule has 1 heterocycles. The van der Waals surface area contributed by atoms with Crippen molar-refractivity contribution in [3.63, 3.8) is 0 Å². The molecule has 1 N–H and O–H groups in total. The first kappa shape index (κ1) is 20.2. The predicted octanol–water partition coefficient (Wildman–Crippen LogP) is 5.33. The second kappa shape index (κ2) is 9.63. The Hall–Kier alpha value is -2.49. The molecule has 1 atom stereocenters. The molecule has 2 aromatic carbocycles. The minimum absolute atomic E-state index is 0.321. The van der Waals surface area contributed by atoms with E-state index in [9.17, 15) is 9.90 Å². The quantitative estimate of drug-likeness (QED) is 0.671. The first-order valence-electron chi connectivity index (χ1n) is 10.4. The average Bonchev–Trinajstić information content (AvgIpc) is 2.85. The molecular formula is C24H31NO3. The maximum absolute atomic E-state index is 11.4. The summed E-state index contributed by atoms with van der Waals surface area (Å²) in [4.78, 5) is 13.7. The zero-order chi connectivity index (χ0) is 19.9. The van der Waals surface area contributed by atoms with Crippen LogP contribution in [0.1, 0.15) is 54.1 Å². The van der Waals surface area contributed by atoms with Crippen molar-refractivity contribution in [2.24, 2.45) is 5.92 Å². The van der Waals surface area contributed by atoms with E-state index in [1.807, 2.05) is 6.07 Å². The summed E-state index contributed by atoms with van der Waals surface area (Å²) in [6, 6.07) is 13.9. The monoisotopic (exact) mass is 381 g/mol. The zero-order valence-corrected chi connectivity index (χ0v) is 17.0. The van der Waals surface area contributed by atoms with E-state index < -0.39 is 5.97 Å². The van der Waals surface area contributed by atoms with Crippen LogP contribution in [0.3, 0.4) is 0 Å². The van der Waals surface area contributed by atoms with Crippen molar-refractivity contribution >= 4 is 11.7 Å². The van der Waals surface area contributed by atoms with E-state index in [0.717, 1.165) is 56.6 Å². The highest BCUT2D eigenvalue weighted by atomic mass is 16.5. The van der Waals surface area contributed by atoms with Gasteiger partial charge in [-0.2, -0.15) is 0 Å². The minimum Gasteiger partial charge on any atom is -0.491 e. The van der Waals surface area contributed by atoms with Crippen molar-refractivity contribution in [3.05, 3.63) is 59.2 Å². The molecule has 0 radical (unpaired) electrons. The van der Waals surface area contributed by atoms with E-state index in [1.165, 1.54) is 11.1 Å². The lowest BCUT2D eigenvalue weighted by molar-refractivity contribution is 0.0697. The Morgan fingerprint density at radius 2 is 2.07 bits per heavy atom. The summed E-state index contributed by atoms with van der Waals surface area (Å²) in [5.41, 5.74) is 3.95. The van der Waals surface area contributed by atoms with Gasteiger partial charge in [0.1, 0.15) is 5.75 Å². The Kier molecular flexibility index (Phi) is 6.96. The van der Waals surface area contributed by atoms with Gasteiger partial charge in [-0.15, -0.1) is 0 Å². The lowest BCUT2D eigenvalue weighted by Crippen LogP contribution is -2.30. The first-order chi connectivity index (χ1) is 13.6. The van der Waals surface area contributed by atoms with E-state index >= 15 is 0 Å². The van der Waals surface area contributed by atoms with Crippen molar-refractivity contribution < 1.29 is 14.6 Å². The number of unbranched alkanes of at least 4 members (excludes halogenated alkanes) is 1. The number of anilines is 1. The fourth-order valence-corrected chi connectivity index (χ4v) is 3.89. The van der Waals surface area contributed by atoms with Gasteiger partial charge < -0.3 is 14.7 Å². The van der Waals surface area contributed by atoms with Gasteiger partial charge in [0.05, 0.1) is 17.9 Å². The molecule has 0 saturated carbocycles. The molecule has 0 saturated heterocycles. The molecule has 0 spiro atoms. The second-order valence-corrected chi connectivity index (χ2v) is 7.85. The highest BCUT2D eigenvalue weighted by molar-refractivity contribution is 5.89. The van der Waals surface area contributed by atoms with Crippen LogP contribution < -0.4 is 9.64 Å². The molecule has 1 aliphatic heterocycles. The molecule has 0 amide bonds. The maximum atomic E-state index is 11.4. The molecule has 4 nitrogen and oxygen atoms in total. The summed E-state index contributed by atoms with van der Waals surface area (Å²) >= 11 is 0. The summed E-state index contributed by atoms with van der Waals surface area (Å²) in [7, 11) is 0. The van der Waals surface area contributed by atoms with Crippen LogP contribution >= 0.6 is 0 Å². The number of aromatic carboxylic acids is 1. The molecule has 4 heteroatoms. The Morgan fingerprint density at radius 1 is 1.21 bits per heavy atom. The van der Waals surface area contributed by atoms with Gasteiger partial charge in [0.2, 0.25) is 0 Å². The second-order valence-electron chi connectivity index (χ2n) is 7.85. The molecule has 2 aromatic rings. The van der Waals surface area contributed by atoms with Crippen LogP contribution in [0.15, 0.2) is 42.5 Å². The number of nitrogens with zero attached hydrogens (tertiary/aromatic N) is 1. The molecule has 0 bridgehead atoms. The zero-order valence-electron chi connectivity index (χ0n) is 17.0. The van der Waals surface area contributed by atoms with Gasteiger partial charge in [0.15, 0.2) is 0 Å². The molecule has 0 aromatic heterocycles. The summed E-state index contributed by atoms with van der Waals surface area (Å²) in [5.74, 6) is 0.363. The fraction of sp³-hybridized carbons (Fsp3) is 0.458. The largest absolute Gasteiger partial charge is 0.491 e. The lowest BCUT2D eigenvalue weighted by Gasteiger charge is -2.26. The van der Waals surface area contributed by atoms with Crippen LogP contribution in [0.4, 0.5) is 5.69 Å². The standard InChI is InChI=1S/C24H31NO3/c1-3-4-13-25-16-20(10-6-9-19-8-5-7-18(2)14-19)17-28-23-12-11-21(24(26)27)15-22(23)25/h5,7-8,11-12,14-15,20H,3-4,6,9-10,13,16-17H2,1-2H3,(H,26,27). The average molecular weight is 382 g/mol. The normalized spacial score (nSPS) is 16.2. The Labute approximate surface area is 168 Å². The van der Waals surface area contributed by atoms with E-state index in [2.05, 4.69) is 43.0 Å². The molecular weight excluding hydrogens is 350 g/mol. The van der Waals surface area contributed by atoms with Crippen LogP contribution in [0, 0.1) is 12.8 Å². The predicted molar refractivity (Wildman–Crippen MR) is 114 cm³/mol. The van der Waals surface area contributed by atoms with Gasteiger partial charge in [0, 0.05) is 19.0 Å². The van der Waals surface area contributed by atoms with Crippen LogP contribution in [-0.4, -0.2) is 30.8 Å². The Bertz CT molecular complexity index is 802. The van der Waals surface area contributed by atoms with Gasteiger partial charge >= 0.3 is 5.97 Å². The number of hydrogen-bond acceptors (Lipinski definition) is 3. The molecule has 1 unspecified atom stereocenters. The Morgan fingerprint density at radius 3 is 2.82 bits per heavy atom. The van der Waals surface area contributed by atoms with Crippen LogP contribution in [0.25, 0.3) is 0 Å². The number of carbonyl (C=O) groups is 1. The third-order valence-electron chi connectivity index (χ3n) is 5.44. The SMILES string of the molecule is CCCCN1CC(CCCc2cccc(C)c2)COc2ccc(C(=O)O)cc21. The van der Waals surface area contributed by atoms with E-state index in [-0.39, 0.29) is 0 Å². The summed E-state index contributed by atoms with van der Waals surface area (Å²) < 4.78 is 6.09. The summed E-state index contributed by atoms with van der Waals surface area (Å²) in [6.07, 6.45) is 5.53. The van der Waals surface area contributed by atoms with Crippen LogP contribution in [-0.2, 0) is 6.42 Å². The van der Waals surface area contributed by atoms with E-state index in [4.69, 9.17) is 4.74 Å². The van der Waals surface area contributed by atoms with Gasteiger partial charge in [0.25, 0.3) is 0 Å². The topological polar surface area (TPSA) is 49.8 Å². The van der Waals surface area contributed by atoms with E-state index in [0.29, 0.717) is 18.1 Å². The van der Waals surface area contributed by atoms with Crippen molar-refractivity contribution in [1.82, 2.24) is 0 Å². The molecule has 150 valence electrons. The third kappa shape index (κ3) is 5.28. The van der Waals surface area contributed by atoms with Crippen LogP contribution in [0.2, 0.25) is 0 Å². The smallest absolute Gasteiger partial charge is 0.335 e. The fourth-order valence-electron chi connectivity index (χ4n) is 3.89. The summed E-state index contributed by atoms with van der Waals surface area (Å²) in [5, 5.41) is 9.36. The lowest BCUT2D eigenvalue weighted by atomic mass is 9.98. The maximum Gasteiger partial charge on any atom is 0.335 e. The number of carboxylic acids is 1. The van der Waals surface area contributed by atoms with Crippen molar-refractivity contribution in [2.75, 3.05) is 24.6 Å². The summed E-state index contributed by atoms with van der Waals surface area (Å²) in [6.45, 7) is 6.86. The molecule has 28 heavy (non-hydrogen) atoms. The minimum atomic E-state index is -0.891. The number of benzene rings is 2. The highest BCUT2D eigenvalue weighted by Gasteiger charge is 2.23. The van der Waals surface area contributed by atoms with Gasteiger partial charge in [-0.1, -0.05) is 43.2 Å². The number of rotatable bonds is 8. The number of hydrogen-bond donors (Lipinski definition) is 1. The van der Waals surface area contributed by atoms with Crippen LogP contribution in [0.5, 0.6) is 5.75 Å². The van der Waals surface area contributed by atoms with Crippen molar-refractivity contribution in [3.8, 4) is 5.75 Å². The number of carboxylic acid groups (broad SMARTS) is 1. The van der Waals surface area contributed by atoms with Gasteiger partial charge in [-0.3, -0.25) is 0 Å². The number of fused-ring (bicyclic) bond motifs is 1. The van der Waals surface area contributed by atoms with Crippen molar-refractivity contribution in [1.29, 1.82) is 0 Å². The Balaban J connectivity index is 1.67. The first-order valence-corrected chi connectivity index (χ1v) is 10.4. The van der Waals surface area contributed by atoms with Gasteiger partial charge in [-0.25, -0.2) is 4.79 Å². The molecule has 0 fully saturated rings. The molecule has 3 rings (SSSR count). The number of aryl methyl sites for hydroxylation is 2. The number of ether oxygens (including phenoxy) is 1. The highest BCUT2D eigenvalue weighted by Crippen LogP contribution is 2.34.